The predicted octanol–water partition coefficient (Wildman–Crippen LogP) is 10.4. The van der Waals surface area contributed by atoms with Gasteiger partial charge in [-0.3, -0.25) is 4.57 Å². The van der Waals surface area contributed by atoms with Crippen molar-refractivity contribution in [3.63, 3.8) is 0 Å². The summed E-state index contributed by atoms with van der Waals surface area (Å²) in [6, 6.07) is 53.7. The van der Waals surface area contributed by atoms with E-state index in [1.54, 1.807) is 0 Å². The van der Waals surface area contributed by atoms with Crippen LogP contribution in [0.5, 0.6) is 0 Å². The highest BCUT2D eigenvalue weighted by Gasteiger charge is 2.20. The molecule has 0 amide bonds. The van der Waals surface area contributed by atoms with E-state index in [1.165, 1.54) is 38.1 Å². The summed E-state index contributed by atoms with van der Waals surface area (Å²) in [5, 5.41) is 8.19. The fourth-order valence-corrected chi connectivity index (χ4v) is 6.58. The molecule has 0 bridgehead atoms. The molecular weight excluding hydrogens is 522 g/mol. The molecule has 2 heterocycles. The lowest BCUT2D eigenvalue weighted by Crippen LogP contribution is -2.03. The monoisotopic (exact) mass is 547 g/mol. The average Bonchev–Trinajstić information content (AvgIpc) is 3.42. The number of nitrogens with zero attached hydrogens (tertiary/aromatic N) is 3. The van der Waals surface area contributed by atoms with E-state index in [0.29, 0.717) is 5.95 Å². The third-order valence-corrected chi connectivity index (χ3v) is 8.59. The summed E-state index contributed by atoms with van der Waals surface area (Å²) in [6.07, 6.45) is 0. The van der Waals surface area contributed by atoms with Gasteiger partial charge in [0.2, 0.25) is 5.95 Å². The highest BCUT2D eigenvalue weighted by Crippen LogP contribution is 2.39. The highest BCUT2D eigenvalue weighted by atomic mass is 15.2. The minimum atomic E-state index is 0.672. The molecule has 43 heavy (non-hydrogen) atoms. The van der Waals surface area contributed by atoms with Gasteiger partial charge in [0.05, 0.1) is 22.2 Å². The molecule has 0 spiro atoms. The van der Waals surface area contributed by atoms with Crippen molar-refractivity contribution in [3.8, 4) is 28.3 Å². The molecule has 3 nitrogen and oxygen atoms in total. The van der Waals surface area contributed by atoms with Crippen molar-refractivity contribution in [2.45, 2.75) is 0 Å². The maximum absolute atomic E-state index is 5.34. The van der Waals surface area contributed by atoms with Crippen LogP contribution in [0.2, 0.25) is 0 Å². The first-order valence-electron chi connectivity index (χ1n) is 14.6. The van der Waals surface area contributed by atoms with E-state index in [9.17, 15) is 0 Å². The second-order valence-corrected chi connectivity index (χ2v) is 11.0. The Morgan fingerprint density at radius 2 is 1.02 bits per heavy atom. The molecule has 7 aromatic carbocycles. The van der Waals surface area contributed by atoms with Gasteiger partial charge in [-0.25, -0.2) is 9.97 Å². The van der Waals surface area contributed by atoms with Crippen molar-refractivity contribution in [2.24, 2.45) is 0 Å². The minimum absolute atomic E-state index is 0.672. The zero-order chi connectivity index (χ0) is 28.3. The highest BCUT2D eigenvalue weighted by molar-refractivity contribution is 6.22. The van der Waals surface area contributed by atoms with Gasteiger partial charge in [-0.1, -0.05) is 127 Å². The number of benzene rings is 7. The van der Waals surface area contributed by atoms with Crippen LogP contribution in [-0.4, -0.2) is 14.5 Å². The van der Waals surface area contributed by atoms with E-state index in [1.807, 2.05) is 6.07 Å². The number of hydrogen-bond acceptors (Lipinski definition) is 2. The smallest absolute Gasteiger partial charge is 0.235 e. The summed E-state index contributed by atoms with van der Waals surface area (Å²) in [4.78, 5) is 10.7. The Kier molecular flexibility index (Phi) is 5.20. The van der Waals surface area contributed by atoms with Crippen LogP contribution in [0.1, 0.15) is 0 Å². The predicted molar refractivity (Wildman–Crippen MR) is 180 cm³/mol. The van der Waals surface area contributed by atoms with Crippen molar-refractivity contribution in [1.29, 1.82) is 0 Å². The van der Waals surface area contributed by atoms with Gasteiger partial charge in [0.25, 0.3) is 0 Å². The molecule has 0 unspecified atom stereocenters. The Hall–Kier alpha value is -5.80. The van der Waals surface area contributed by atoms with Crippen molar-refractivity contribution in [2.75, 3.05) is 0 Å². The number of rotatable bonds is 3. The van der Waals surface area contributed by atoms with Crippen molar-refractivity contribution in [1.82, 2.24) is 14.5 Å². The fourth-order valence-electron chi connectivity index (χ4n) is 6.58. The second kappa shape index (κ2) is 9.37. The zero-order valence-corrected chi connectivity index (χ0v) is 23.3. The quantitative estimate of drug-likeness (QED) is 0.206. The third-order valence-electron chi connectivity index (χ3n) is 8.59. The largest absolute Gasteiger partial charge is 0.278 e. The Balaban J connectivity index is 1.44. The maximum atomic E-state index is 5.34. The topological polar surface area (TPSA) is 30.7 Å². The molecule has 0 atom stereocenters. The van der Waals surface area contributed by atoms with Crippen LogP contribution in [0.4, 0.5) is 0 Å². The van der Waals surface area contributed by atoms with E-state index in [-0.39, 0.29) is 0 Å². The molecule has 0 saturated heterocycles. The van der Waals surface area contributed by atoms with Gasteiger partial charge < -0.3 is 0 Å². The average molecular weight is 548 g/mol. The molecule has 9 rings (SSSR count). The van der Waals surface area contributed by atoms with Crippen molar-refractivity contribution in [3.05, 3.63) is 152 Å². The van der Waals surface area contributed by atoms with Crippen LogP contribution in [0.25, 0.3) is 82.6 Å². The van der Waals surface area contributed by atoms with Crippen LogP contribution in [-0.2, 0) is 0 Å². The summed E-state index contributed by atoms with van der Waals surface area (Å²) in [5.74, 6) is 0.672. The van der Waals surface area contributed by atoms with Gasteiger partial charge in [-0.15, -0.1) is 0 Å². The number of aromatic nitrogens is 3. The first-order chi connectivity index (χ1) is 21.3. The molecule has 3 heteroatoms. The molecule has 200 valence electrons. The van der Waals surface area contributed by atoms with E-state index in [0.717, 1.165) is 38.6 Å². The van der Waals surface area contributed by atoms with Crippen molar-refractivity contribution < 1.29 is 0 Å². The Morgan fingerprint density at radius 3 is 1.81 bits per heavy atom. The lowest BCUT2D eigenvalue weighted by atomic mass is 10.0. The van der Waals surface area contributed by atoms with Crippen LogP contribution in [0.3, 0.4) is 0 Å². The summed E-state index contributed by atoms with van der Waals surface area (Å²) in [5.41, 5.74) is 7.54. The molecule has 9 aromatic rings. The molecule has 0 aliphatic rings. The van der Waals surface area contributed by atoms with E-state index >= 15 is 0 Å². The summed E-state index contributed by atoms with van der Waals surface area (Å²) in [7, 11) is 0. The van der Waals surface area contributed by atoms with Crippen molar-refractivity contribution >= 4 is 54.3 Å². The van der Waals surface area contributed by atoms with Crippen LogP contribution in [0.15, 0.2) is 152 Å². The Morgan fingerprint density at radius 1 is 0.395 bits per heavy atom. The van der Waals surface area contributed by atoms with Gasteiger partial charge in [0.15, 0.2) is 0 Å². The molecule has 0 radical (unpaired) electrons. The Bertz CT molecular complexity index is 2490. The first-order valence-corrected chi connectivity index (χ1v) is 14.6. The third kappa shape index (κ3) is 3.68. The molecular formula is C40H25N3. The first kappa shape index (κ1) is 23.9. The number of hydrogen-bond donors (Lipinski definition) is 0. The zero-order valence-electron chi connectivity index (χ0n) is 23.3. The molecule has 0 N–H and O–H groups in total. The van der Waals surface area contributed by atoms with E-state index in [4.69, 9.17) is 9.97 Å². The summed E-state index contributed by atoms with van der Waals surface area (Å²) in [6.45, 7) is 0. The maximum Gasteiger partial charge on any atom is 0.235 e. The van der Waals surface area contributed by atoms with Gasteiger partial charge in [-0.2, -0.15) is 0 Å². The molecule has 0 fully saturated rings. The summed E-state index contributed by atoms with van der Waals surface area (Å²) >= 11 is 0. The van der Waals surface area contributed by atoms with Gasteiger partial charge >= 0.3 is 0 Å². The summed E-state index contributed by atoms with van der Waals surface area (Å²) < 4.78 is 2.25. The molecule has 2 aromatic heterocycles. The van der Waals surface area contributed by atoms with Gasteiger partial charge in [0.1, 0.15) is 0 Å². The lowest BCUT2D eigenvalue weighted by Gasteiger charge is -2.13. The molecule has 0 aliphatic carbocycles. The van der Waals surface area contributed by atoms with Crippen LogP contribution < -0.4 is 0 Å². The van der Waals surface area contributed by atoms with E-state index in [2.05, 4.69) is 150 Å². The molecule has 0 aliphatic heterocycles. The standard InChI is InChI=1S/C40H25N3/c1-3-11-26(12-4-1)30-21-23-35-34(25-30)37-31-17-9-7-13-27(31)20-24-36(37)43(35)40-41-38(29-15-5-2-6-16-29)33-22-19-28-14-8-10-18-32(28)39(33)42-40/h1-25H. The van der Waals surface area contributed by atoms with Crippen LogP contribution >= 0.6 is 0 Å². The second-order valence-electron chi connectivity index (χ2n) is 11.0. The fraction of sp³-hybridized carbons (Fsp3) is 0. The lowest BCUT2D eigenvalue weighted by molar-refractivity contribution is 1.02. The number of fused-ring (bicyclic) bond motifs is 8. The van der Waals surface area contributed by atoms with Gasteiger partial charge in [0, 0.05) is 27.1 Å². The molecule has 0 saturated carbocycles. The van der Waals surface area contributed by atoms with E-state index < -0.39 is 0 Å². The SMILES string of the molecule is c1ccc(-c2ccc3c(c2)c2c4ccccc4ccc2n3-c2nc(-c3ccccc3)c3ccc4ccccc4c3n2)cc1. The van der Waals surface area contributed by atoms with Crippen LogP contribution in [0, 0.1) is 0 Å². The Labute approximate surface area is 248 Å². The van der Waals surface area contributed by atoms with Gasteiger partial charge in [-0.05, 0) is 51.6 Å². The minimum Gasteiger partial charge on any atom is -0.278 e. The normalized spacial score (nSPS) is 11.7.